The molecule has 96 valence electrons. The maximum atomic E-state index is 5.49. The summed E-state index contributed by atoms with van der Waals surface area (Å²) in [6, 6.07) is 8.36. The lowest BCUT2D eigenvalue weighted by atomic mass is 10.1. The average Bonchev–Trinajstić information content (AvgIpc) is 2.74. The van der Waals surface area contributed by atoms with Crippen LogP contribution in [0.15, 0.2) is 29.3 Å². The Bertz CT molecular complexity index is 354. The lowest BCUT2D eigenvalue weighted by molar-refractivity contribution is 0.969. The van der Waals surface area contributed by atoms with E-state index < -0.39 is 0 Å². The summed E-state index contributed by atoms with van der Waals surface area (Å²) in [6.07, 6.45) is 0.940. The number of halogens is 2. The van der Waals surface area contributed by atoms with Crippen LogP contribution in [-0.2, 0) is 6.42 Å². The first-order valence-corrected chi connectivity index (χ1v) is 6.10. The molecule has 0 saturated carbocycles. The van der Waals surface area contributed by atoms with Gasteiger partial charge in [-0.2, -0.15) is 0 Å². The van der Waals surface area contributed by atoms with Gasteiger partial charge in [-0.15, -0.1) is 24.8 Å². The molecule has 0 bridgehead atoms. The van der Waals surface area contributed by atoms with Crippen LogP contribution in [-0.4, -0.2) is 24.0 Å². The Kier molecular flexibility index (Phi) is 8.43. The molecule has 17 heavy (non-hydrogen) atoms. The maximum absolute atomic E-state index is 5.49. The van der Waals surface area contributed by atoms with Gasteiger partial charge < -0.3 is 11.1 Å². The number of hydrogen-bond donors (Lipinski definition) is 2. The SMILES string of the molecule is Cl.Cl.NCCc1ccc(NC2=NCCS2)cc1. The van der Waals surface area contributed by atoms with Crippen LogP contribution in [0.2, 0.25) is 0 Å². The highest BCUT2D eigenvalue weighted by Gasteiger charge is 2.06. The number of nitrogens with zero attached hydrogens (tertiary/aromatic N) is 1. The molecule has 1 aliphatic heterocycles. The second-order valence-electron chi connectivity index (χ2n) is 3.40. The number of aliphatic imine (C=N–C) groups is 1. The number of rotatable bonds is 3. The molecule has 0 fully saturated rings. The summed E-state index contributed by atoms with van der Waals surface area (Å²) < 4.78 is 0. The fourth-order valence-corrected chi connectivity index (χ4v) is 2.20. The van der Waals surface area contributed by atoms with Crippen molar-refractivity contribution in [3.05, 3.63) is 29.8 Å². The Labute approximate surface area is 118 Å². The normalized spacial score (nSPS) is 13.4. The molecule has 0 radical (unpaired) electrons. The molecule has 0 amide bonds. The summed E-state index contributed by atoms with van der Waals surface area (Å²) in [7, 11) is 0. The number of hydrogen-bond acceptors (Lipinski definition) is 4. The molecular weight excluding hydrogens is 277 g/mol. The average molecular weight is 294 g/mol. The van der Waals surface area contributed by atoms with E-state index in [0.717, 1.165) is 29.6 Å². The van der Waals surface area contributed by atoms with Gasteiger partial charge in [-0.3, -0.25) is 4.99 Å². The van der Waals surface area contributed by atoms with Crippen LogP contribution in [0.25, 0.3) is 0 Å². The van der Waals surface area contributed by atoms with E-state index in [0.29, 0.717) is 6.54 Å². The Balaban J connectivity index is 0.00000128. The number of nitrogens with one attached hydrogen (secondary N) is 1. The summed E-state index contributed by atoms with van der Waals surface area (Å²) in [5.74, 6) is 1.09. The molecule has 1 aromatic carbocycles. The van der Waals surface area contributed by atoms with E-state index in [-0.39, 0.29) is 24.8 Å². The van der Waals surface area contributed by atoms with E-state index in [9.17, 15) is 0 Å². The molecular formula is C11H17Cl2N3S. The van der Waals surface area contributed by atoms with Gasteiger partial charge in [0.1, 0.15) is 0 Å². The highest BCUT2D eigenvalue weighted by atomic mass is 35.5. The Morgan fingerprint density at radius 1 is 1.24 bits per heavy atom. The predicted molar refractivity (Wildman–Crippen MR) is 82.1 cm³/mol. The van der Waals surface area contributed by atoms with Crippen LogP contribution >= 0.6 is 36.6 Å². The second-order valence-corrected chi connectivity index (χ2v) is 4.48. The molecule has 1 heterocycles. The largest absolute Gasteiger partial charge is 0.335 e. The van der Waals surface area contributed by atoms with Crippen molar-refractivity contribution >= 4 is 47.4 Å². The van der Waals surface area contributed by atoms with Crippen LogP contribution < -0.4 is 11.1 Å². The van der Waals surface area contributed by atoms with Crippen molar-refractivity contribution in [2.75, 3.05) is 24.2 Å². The lowest BCUT2D eigenvalue weighted by Gasteiger charge is -2.05. The fourth-order valence-electron chi connectivity index (χ4n) is 1.46. The van der Waals surface area contributed by atoms with Gasteiger partial charge >= 0.3 is 0 Å². The minimum atomic E-state index is 0. The summed E-state index contributed by atoms with van der Waals surface area (Å²) in [5.41, 5.74) is 7.87. The van der Waals surface area contributed by atoms with E-state index in [4.69, 9.17) is 5.73 Å². The van der Waals surface area contributed by atoms with Gasteiger partial charge in [0.15, 0.2) is 5.17 Å². The van der Waals surface area contributed by atoms with Crippen LogP contribution in [0, 0.1) is 0 Å². The van der Waals surface area contributed by atoms with Gasteiger partial charge in [-0.1, -0.05) is 23.9 Å². The standard InChI is InChI=1S/C11H15N3S.2ClH/c12-6-5-9-1-3-10(4-2-9)14-11-13-7-8-15-11;;/h1-4H,5-8,12H2,(H,13,14);2*1H. The third kappa shape index (κ3) is 5.17. The van der Waals surface area contributed by atoms with Crippen molar-refractivity contribution in [3.63, 3.8) is 0 Å². The number of amidine groups is 1. The molecule has 0 saturated heterocycles. The van der Waals surface area contributed by atoms with E-state index in [1.54, 1.807) is 11.8 Å². The third-order valence-electron chi connectivity index (χ3n) is 2.22. The van der Waals surface area contributed by atoms with Crippen molar-refractivity contribution in [3.8, 4) is 0 Å². The first kappa shape index (κ1) is 16.6. The maximum Gasteiger partial charge on any atom is 0.161 e. The van der Waals surface area contributed by atoms with Gasteiger partial charge in [0.2, 0.25) is 0 Å². The summed E-state index contributed by atoms with van der Waals surface area (Å²) >= 11 is 1.77. The fraction of sp³-hybridized carbons (Fsp3) is 0.364. The van der Waals surface area contributed by atoms with Crippen LogP contribution in [0.5, 0.6) is 0 Å². The number of benzene rings is 1. The van der Waals surface area contributed by atoms with Crippen LogP contribution in [0.1, 0.15) is 5.56 Å². The van der Waals surface area contributed by atoms with Crippen LogP contribution in [0.4, 0.5) is 5.69 Å². The Morgan fingerprint density at radius 2 is 1.94 bits per heavy atom. The molecule has 1 aromatic rings. The molecule has 0 aliphatic carbocycles. The number of thioether (sulfide) groups is 1. The molecule has 0 aromatic heterocycles. The van der Waals surface area contributed by atoms with Crippen molar-refractivity contribution in [1.82, 2.24) is 0 Å². The first-order chi connectivity index (χ1) is 7.38. The van der Waals surface area contributed by atoms with E-state index >= 15 is 0 Å². The Morgan fingerprint density at radius 3 is 2.47 bits per heavy atom. The molecule has 2 rings (SSSR count). The smallest absolute Gasteiger partial charge is 0.161 e. The zero-order chi connectivity index (χ0) is 10.5. The van der Waals surface area contributed by atoms with Gasteiger partial charge in [0, 0.05) is 11.4 Å². The van der Waals surface area contributed by atoms with E-state index in [1.165, 1.54) is 5.56 Å². The quantitative estimate of drug-likeness (QED) is 0.900. The van der Waals surface area contributed by atoms with Gasteiger partial charge in [0.25, 0.3) is 0 Å². The summed E-state index contributed by atoms with van der Waals surface area (Å²) in [5, 5.41) is 4.32. The highest BCUT2D eigenvalue weighted by molar-refractivity contribution is 8.14. The third-order valence-corrected chi connectivity index (χ3v) is 3.11. The Hall–Kier alpha value is -0.420. The monoisotopic (exact) mass is 293 g/mol. The minimum absolute atomic E-state index is 0. The first-order valence-electron chi connectivity index (χ1n) is 5.12. The number of nitrogens with two attached hydrogens (primary N) is 1. The predicted octanol–water partition coefficient (Wildman–Crippen LogP) is 2.55. The summed E-state index contributed by atoms with van der Waals surface area (Å²) in [4.78, 5) is 4.34. The van der Waals surface area contributed by atoms with Gasteiger partial charge in [0.05, 0.1) is 6.54 Å². The lowest BCUT2D eigenvalue weighted by Crippen LogP contribution is -2.05. The summed E-state index contributed by atoms with van der Waals surface area (Å²) in [6.45, 7) is 1.63. The molecule has 1 aliphatic rings. The van der Waals surface area contributed by atoms with E-state index in [1.807, 2.05) is 0 Å². The zero-order valence-corrected chi connectivity index (χ0v) is 11.8. The van der Waals surface area contributed by atoms with E-state index in [2.05, 4.69) is 34.6 Å². The van der Waals surface area contributed by atoms with Crippen molar-refractivity contribution in [1.29, 1.82) is 0 Å². The van der Waals surface area contributed by atoms with Crippen LogP contribution in [0.3, 0.4) is 0 Å². The zero-order valence-electron chi connectivity index (χ0n) is 9.39. The molecule has 0 spiro atoms. The topological polar surface area (TPSA) is 50.4 Å². The van der Waals surface area contributed by atoms with Crippen molar-refractivity contribution in [2.24, 2.45) is 10.7 Å². The molecule has 3 N–H and O–H groups in total. The molecule has 3 nitrogen and oxygen atoms in total. The molecule has 0 unspecified atom stereocenters. The molecule has 0 atom stereocenters. The van der Waals surface area contributed by atoms with Gasteiger partial charge in [-0.05, 0) is 30.7 Å². The second kappa shape index (κ2) is 8.64. The minimum Gasteiger partial charge on any atom is -0.335 e. The number of anilines is 1. The van der Waals surface area contributed by atoms with Gasteiger partial charge in [-0.25, -0.2) is 0 Å². The molecule has 6 heteroatoms. The highest BCUT2D eigenvalue weighted by Crippen LogP contribution is 2.16. The van der Waals surface area contributed by atoms with Crippen molar-refractivity contribution in [2.45, 2.75) is 6.42 Å². The van der Waals surface area contributed by atoms with Crippen molar-refractivity contribution < 1.29 is 0 Å².